The molecule has 0 N–H and O–H groups in total. The molecule has 0 radical (unpaired) electrons. The molecule has 94 valence electrons. The van der Waals surface area contributed by atoms with Crippen LogP contribution in [0.15, 0.2) is 24.4 Å². The van der Waals surface area contributed by atoms with E-state index in [0.717, 1.165) is 31.6 Å². The van der Waals surface area contributed by atoms with Crippen LogP contribution in [0, 0.1) is 0 Å². The minimum atomic E-state index is 0.176. The van der Waals surface area contributed by atoms with Crippen molar-refractivity contribution in [3.05, 3.63) is 30.1 Å². The lowest BCUT2D eigenvalue weighted by Gasteiger charge is -2.23. The van der Waals surface area contributed by atoms with Crippen molar-refractivity contribution in [1.29, 1.82) is 0 Å². The lowest BCUT2D eigenvalue weighted by Crippen LogP contribution is -2.20. The van der Waals surface area contributed by atoms with Crippen LogP contribution in [0.2, 0.25) is 0 Å². The standard InChI is InChI=1S/C14H20ClNO/c15-12(11-13-5-1-3-9-16-13)7-8-14-6-2-4-10-17-14/h1,3,5,9,12,14H,2,4,6-8,10-11H2. The Bertz CT molecular complexity index is 311. The summed E-state index contributed by atoms with van der Waals surface area (Å²) in [7, 11) is 0. The zero-order valence-corrected chi connectivity index (χ0v) is 10.9. The molecule has 2 atom stereocenters. The summed E-state index contributed by atoms with van der Waals surface area (Å²) in [6.07, 6.45) is 8.94. The van der Waals surface area contributed by atoms with Gasteiger partial charge in [0, 0.05) is 30.3 Å². The van der Waals surface area contributed by atoms with Crippen LogP contribution in [0.1, 0.15) is 37.8 Å². The van der Waals surface area contributed by atoms with E-state index in [2.05, 4.69) is 4.98 Å². The summed E-state index contributed by atoms with van der Waals surface area (Å²) in [5, 5.41) is 0.176. The molecule has 1 aromatic heterocycles. The van der Waals surface area contributed by atoms with Crippen molar-refractivity contribution in [3.8, 4) is 0 Å². The van der Waals surface area contributed by atoms with E-state index < -0.39 is 0 Å². The van der Waals surface area contributed by atoms with Gasteiger partial charge in [-0.3, -0.25) is 4.98 Å². The summed E-state index contributed by atoms with van der Waals surface area (Å²) in [6.45, 7) is 0.928. The summed E-state index contributed by atoms with van der Waals surface area (Å²) >= 11 is 6.34. The number of rotatable bonds is 5. The van der Waals surface area contributed by atoms with Crippen molar-refractivity contribution in [1.82, 2.24) is 4.98 Å². The van der Waals surface area contributed by atoms with Gasteiger partial charge in [-0.1, -0.05) is 6.07 Å². The molecule has 1 aromatic rings. The molecule has 2 heterocycles. The Morgan fingerprint density at radius 3 is 3.06 bits per heavy atom. The number of aromatic nitrogens is 1. The number of nitrogens with zero attached hydrogens (tertiary/aromatic N) is 1. The van der Waals surface area contributed by atoms with Crippen LogP contribution in [-0.2, 0) is 11.2 Å². The Morgan fingerprint density at radius 2 is 2.35 bits per heavy atom. The molecule has 3 heteroatoms. The Labute approximate surface area is 108 Å². The van der Waals surface area contributed by atoms with Gasteiger partial charge in [0.15, 0.2) is 0 Å². The maximum Gasteiger partial charge on any atom is 0.0575 e. The normalized spacial score (nSPS) is 22.3. The summed E-state index contributed by atoms with van der Waals surface area (Å²) in [4.78, 5) is 4.30. The monoisotopic (exact) mass is 253 g/mol. The second-order valence-corrected chi connectivity index (χ2v) is 5.31. The second kappa shape index (κ2) is 6.97. The Kier molecular flexibility index (Phi) is 5.27. The summed E-state index contributed by atoms with van der Waals surface area (Å²) < 4.78 is 5.70. The van der Waals surface area contributed by atoms with Gasteiger partial charge in [-0.2, -0.15) is 0 Å². The molecule has 0 amide bonds. The fourth-order valence-electron chi connectivity index (χ4n) is 2.25. The smallest absolute Gasteiger partial charge is 0.0575 e. The van der Waals surface area contributed by atoms with Crippen LogP contribution < -0.4 is 0 Å². The molecular formula is C14H20ClNO. The first-order valence-electron chi connectivity index (χ1n) is 6.50. The third-order valence-electron chi connectivity index (χ3n) is 3.23. The van der Waals surface area contributed by atoms with Crippen molar-refractivity contribution in [2.45, 2.75) is 50.0 Å². The van der Waals surface area contributed by atoms with Gasteiger partial charge in [0.25, 0.3) is 0 Å². The fourth-order valence-corrected chi connectivity index (χ4v) is 2.53. The quantitative estimate of drug-likeness (QED) is 0.749. The highest BCUT2D eigenvalue weighted by atomic mass is 35.5. The number of hydrogen-bond donors (Lipinski definition) is 0. The van der Waals surface area contributed by atoms with Crippen molar-refractivity contribution in [3.63, 3.8) is 0 Å². The Balaban J connectivity index is 1.68. The van der Waals surface area contributed by atoms with E-state index in [1.54, 1.807) is 0 Å². The molecule has 17 heavy (non-hydrogen) atoms. The highest BCUT2D eigenvalue weighted by Crippen LogP contribution is 2.20. The molecule has 0 aliphatic carbocycles. The van der Waals surface area contributed by atoms with Crippen LogP contribution in [0.4, 0.5) is 0 Å². The van der Waals surface area contributed by atoms with Gasteiger partial charge in [-0.25, -0.2) is 0 Å². The van der Waals surface area contributed by atoms with Crippen LogP contribution in [0.3, 0.4) is 0 Å². The molecule has 2 nitrogen and oxygen atoms in total. The van der Waals surface area contributed by atoms with Crippen LogP contribution in [-0.4, -0.2) is 23.1 Å². The predicted molar refractivity (Wildman–Crippen MR) is 70.4 cm³/mol. The molecule has 2 rings (SSSR count). The number of halogens is 1. The Morgan fingerprint density at radius 1 is 1.41 bits per heavy atom. The lowest BCUT2D eigenvalue weighted by molar-refractivity contribution is 0.0100. The zero-order valence-electron chi connectivity index (χ0n) is 10.1. The van der Waals surface area contributed by atoms with E-state index in [4.69, 9.17) is 16.3 Å². The van der Waals surface area contributed by atoms with E-state index in [9.17, 15) is 0 Å². The summed E-state index contributed by atoms with van der Waals surface area (Å²) in [5.41, 5.74) is 1.08. The maximum atomic E-state index is 6.34. The number of ether oxygens (including phenoxy) is 1. The molecule has 0 spiro atoms. The maximum absolute atomic E-state index is 6.34. The van der Waals surface area contributed by atoms with Crippen molar-refractivity contribution >= 4 is 11.6 Å². The molecule has 2 unspecified atom stereocenters. The molecule has 0 saturated carbocycles. The molecule has 0 aromatic carbocycles. The van der Waals surface area contributed by atoms with Crippen molar-refractivity contribution < 1.29 is 4.74 Å². The van der Waals surface area contributed by atoms with E-state index in [1.165, 1.54) is 19.3 Å². The molecule has 1 saturated heterocycles. The van der Waals surface area contributed by atoms with E-state index in [0.29, 0.717) is 6.10 Å². The third kappa shape index (κ3) is 4.64. The predicted octanol–water partition coefficient (Wildman–Crippen LogP) is 3.58. The molecule has 1 aliphatic rings. The first-order valence-corrected chi connectivity index (χ1v) is 6.94. The molecule has 1 fully saturated rings. The number of pyridine rings is 1. The number of alkyl halides is 1. The Hall–Kier alpha value is -0.600. The molecule has 0 bridgehead atoms. The zero-order chi connectivity index (χ0) is 11.9. The average Bonchev–Trinajstić information content (AvgIpc) is 2.39. The van der Waals surface area contributed by atoms with Crippen LogP contribution in [0.5, 0.6) is 0 Å². The van der Waals surface area contributed by atoms with E-state index in [1.807, 2.05) is 24.4 Å². The van der Waals surface area contributed by atoms with Gasteiger partial charge in [0.2, 0.25) is 0 Å². The van der Waals surface area contributed by atoms with Crippen molar-refractivity contribution in [2.75, 3.05) is 6.61 Å². The highest BCUT2D eigenvalue weighted by Gasteiger charge is 2.16. The van der Waals surface area contributed by atoms with Gasteiger partial charge in [0.05, 0.1) is 6.10 Å². The van der Waals surface area contributed by atoms with Gasteiger partial charge >= 0.3 is 0 Å². The van der Waals surface area contributed by atoms with Gasteiger partial charge in [-0.05, 0) is 44.2 Å². The minimum absolute atomic E-state index is 0.176. The first-order chi connectivity index (χ1) is 8.34. The third-order valence-corrected chi connectivity index (χ3v) is 3.61. The SMILES string of the molecule is ClC(CCC1CCCCO1)Cc1ccccn1. The topological polar surface area (TPSA) is 22.1 Å². The lowest BCUT2D eigenvalue weighted by atomic mass is 10.0. The first kappa shape index (κ1) is 12.8. The molecule has 1 aliphatic heterocycles. The van der Waals surface area contributed by atoms with Crippen molar-refractivity contribution in [2.24, 2.45) is 0 Å². The van der Waals surface area contributed by atoms with Gasteiger partial charge in [-0.15, -0.1) is 11.6 Å². The molecular weight excluding hydrogens is 234 g/mol. The number of hydrogen-bond acceptors (Lipinski definition) is 2. The van der Waals surface area contributed by atoms with E-state index in [-0.39, 0.29) is 5.38 Å². The van der Waals surface area contributed by atoms with E-state index >= 15 is 0 Å². The minimum Gasteiger partial charge on any atom is -0.378 e. The fraction of sp³-hybridized carbons (Fsp3) is 0.643. The largest absolute Gasteiger partial charge is 0.378 e. The summed E-state index contributed by atoms with van der Waals surface area (Å²) in [6, 6.07) is 5.98. The average molecular weight is 254 g/mol. The highest BCUT2D eigenvalue weighted by molar-refractivity contribution is 6.20. The second-order valence-electron chi connectivity index (χ2n) is 4.69. The van der Waals surface area contributed by atoms with Gasteiger partial charge in [0.1, 0.15) is 0 Å². The summed E-state index contributed by atoms with van der Waals surface area (Å²) in [5.74, 6) is 0. The van der Waals surface area contributed by atoms with Crippen LogP contribution >= 0.6 is 11.6 Å². The van der Waals surface area contributed by atoms with Gasteiger partial charge < -0.3 is 4.74 Å². The van der Waals surface area contributed by atoms with Crippen LogP contribution in [0.25, 0.3) is 0 Å².